The first-order chi connectivity index (χ1) is 8.13. The number of rotatable bonds is 7. The number of aromatic nitrogens is 2. The summed E-state index contributed by atoms with van der Waals surface area (Å²) in [5, 5.41) is 7.84. The van der Waals surface area contributed by atoms with E-state index in [1.54, 1.807) is 0 Å². The number of hydrogen-bond donors (Lipinski definition) is 1. The Bertz CT molecular complexity index is 341. The van der Waals surface area contributed by atoms with E-state index < -0.39 is 0 Å². The molecule has 1 aromatic rings. The van der Waals surface area contributed by atoms with Gasteiger partial charge < -0.3 is 5.32 Å². The minimum absolute atomic E-state index is 0.696. The quantitative estimate of drug-likeness (QED) is 0.839. The van der Waals surface area contributed by atoms with E-state index in [9.17, 15) is 0 Å². The molecule has 0 aliphatic rings. The molecule has 0 saturated carbocycles. The Hall–Kier alpha value is -0.350. The Morgan fingerprint density at radius 1 is 1.41 bits per heavy atom. The highest BCUT2D eigenvalue weighted by atomic mass is 79.9. The van der Waals surface area contributed by atoms with Gasteiger partial charge in [-0.05, 0) is 54.7 Å². The molecule has 0 bridgehead atoms. The average Bonchev–Trinajstić information content (AvgIpc) is 2.57. The van der Waals surface area contributed by atoms with Gasteiger partial charge in [0.25, 0.3) is 0 Å². The fraction of sp³-hybridized carbons (Fsp3) is 0.769. The summed E-state index contributed by atoms with van der Waals surface area (Å²) in [6.45, 7) is 5.47. The molecular formula is C13H24BrN3. The van der Waals surface area contributed by atoms with Crippen LogP contribution in [0.15, 0.2) is 4.47 Å². The van der Waals surface area contributed by atoms with Crippen molar-refractivity contribution in [1.82, 2.24) is 15.1 Å². The van der Waals surface area contributed by atoms with Crippen LogP contribution in [0.25, 0.3) is 0 Å². The summed E-state index contributed by atoms with van der Waals surface area (Å²) in [6, 6.07) is 0. The van der Waals surface area contributed by atoms with Crippen molar-refractivity contribution >= 4 is 15.9 Å². The molecule has 1 unspecified atom stereocenters. The number of halogens is 1. The van der Waals surface area contributed by atoms with Crippen molar-refractivity contribution in [3.63, 3.8) is 0 Å². The summed E-state index contributed by atoms with van der Waals surface area (Å²) in [4.78, 5) is 0. The molecular weight excluding hydrogens is 278 g/mol. The molecule has 17 heavy (non-hydrogen) atoms. The lowest BCUT2D eigenvalue weighted by Crippen LogP contribution is -2.21. The summed E-state index contributed by atoms with van der Waals surface area (Å²) in [6.07, 6.45) is 4.58. The third kappa shape index (κ3) is 3.81. The molecule has 0 amide bonds. The highest BCUT2D eigenvalue weighted by Gasteiger charge is 2.16. The average molecular weight is 302 g/mol. The minimum atomic E-state index is 0.696. The van der Waals surface area contributed by atoms with E-state index in [1.165, 1.54) is 28.7 Å². The van der Waals surface area contributed by atoms with Crippen LogP contribution in [-0.2, 0) is 19.9 Å². The predicted molar refractivity (Wildman–Crippen MR) is 76.3 cm³/mol. The molecule has 0 saturated heterocycles. The van der Waals surface area contributed by atoms with E-state index in [4.69, 9.17) is 0 Å². The van der Waals surface area contributed by atoms with Gasteiger partial charge in [0.2, 0.25) is 0 Å². The fourth-order valence-corrected chi connectivity index (χ4v) is 3.07. The zero-order chi connectivity index (χ0) is 12.8. The maximum absolute atomic E-state index is 4.55. The topological polar surface area (TPSA) is 29.9 Å². The standard InChI is InChI=1S/C13H24BrN3/c1-5-7-10(9-15-3)8-12-13(14)11(6-2)16-17(12)4/h10,15H,5-9H2,1-4H3. The Morgan fingerprint density at radius 3 is 2.59 bits per heavy atom. The third-order valence-corrected chi connectivity index (χ3v) is 4.09. The second-order valence-corrected chi connectivity index (χ2v) is 5.39. The molecule has 0 spiro atoms. The van der Waals surface area contributed by atoms with Gasteiger partial charge in [-0.25, -0.2) is 0 Å². The van der Waals surface area contributed by atoms with Crippen LogP contribution >= 0.6 is 15.9 Å². The highest BCUT2D eigenvalue weighted by Crippen LogP contribution is 2.25. The normalized spacial score (nSPS) is 13.0. The van der Waals surface area contributed by atoms with Crippen molar-refractivity contribution < 1.29 is 0 Å². The molecule has 98 valence electrons. The molecule has 0 aliphatic heterocycles. The van der Waals surface area contributed by atoms with Crippen molar-refractivity contribution in [2.45, 2.75) is 39.5 Å². The molecule has 0 radical (unpaired) electrons. The zero-order valence-electron chi connectivity index (χ0n) is 11.4. The molecule has 0 aromatic carbocycles. The third-order valence-electron chi connectivity index (χ3n) is 3.17. The monoisotopic (exact) mass is 301 g/mol. The van der Waals surface area contributed by atoms with Crippen molar-refractivity contribution in [3.05, 3.63) is 15.9 Å². The first kappa shape index (κ1) is 14.7. The van der Waals surface area contributed by atoms with Gasteiger partial charge in [0.15, 0.2) is 0 Å². The Kier molecular flexibility index (Phi) is 6.20. The first-order valence-electron chi connectivity index (χ1n) is 6.48. The van der Waals surface area contributed by atoms with Gasteiger partial charge in [-0.15, -0.1) is 0 Å². The number of nitrogens with zero attached hydrogens (tertiary/aromatic N) is 2. The zero-order valence-corrected chi connectivity index (χ0v) is 13.0. The van der Waals surface area contributed by atoms with Gasteiger partial charge in [0, 0.05) is 7.05 Å². The van der Waals surface area contributed by atoms with Gasteiger partial charge in [0.05, 0.1) is 15.9 Å². The van der Waals surface area contributed by atoms with Gasteiger partial charge in [-0.2, -0.15) is 5.10 Å². The van der Waals surface area contributed by atoms with Crippen molar-refractivity contribution in [2.24, 2.45) is 13.0 Å². The SMILES string of the molecule is CCCC(CNC)Cc1c(Br)c(CC)nn1C. The summed E-state index contributed by atoms with van der Waals surface area (Å²) < 4.78 is 3.24. The molecule has 1 heterocycles. The second-order valence-electron chi connectivity index (χ2n) is 4.60. The van der Waals surface area contributed by atoms with Crippen LogP contribution in [0.5, 0.6) is 0 Å². The summed E-state index contributed by atoms with van der Waals surface area (Å²) in [7, 11) is 4.07. The van der Waals surface area contributed by atoms with Crippen LogP contribution in [0.4, 0.5) is 0 Å². The Balaban J connectivity index is 2.80. The summed E-state index contributed by atoms with van der Waals surface area (Å²) >= 11 is 3.69. The van der Waals surface area contributed by atoms with E-state index in [-0.39, 0.29) is 0 Å². The van der Waals surface area contributed by atoms with Gasteiger partial charge >= 0.3 is 0 Å². The minimum Gasteiger partial charge on any atom is -0.319 e. The van der Waals surface area contributed by atoms with Crippen LogP contribution in [0.2, 0.25) is 0 Å². The van der Waals surface area contributed by atoms with Crippen LogP contribution in [0.1, 0.15) is 38.1 Å². The van der Waals surface area contributed by atoms with E-state index in [1.807, 2.05) is 18.8 Å². The van der Waals surface area contributed by atoms with Crippen LogP contribution in [0, 0.1) is 5.92 Å². The van der Waals surface area contributed by atoms with Crippen LogP contribution in [0.3, 0.4) is 0 Å². The molecule has 1 N–H and O–H groups in total. The molecule has 0 aliphatic carbocycles. The van der Waals surface area contributed by atoms with Crippen molar-refractivity contribution in [3.8, 4) is 0 Å². The molecule has 1 atom stereocenters. The second kappa shape index (κ2) is 7.17. The van der Waals surface area contributed by atoms with Crippen molar-refractivity contribution in [1.29, 1.82) is 0 Å². The molecule has 3 nitrogen and oxygen atoms in total. The smallest absolute Gasteiger partial charge is 0.0766 e. The fourth-order valence-electron chi connectivity index (χ4n) is 2.29. The molecule has 0 fully saturated rings. The van der Waals surface area contributed by atoms with Crippen LogP contribution in [-0.4, -0.2) is 23.4 Å². The number of aryl methyl sites for hydroxylation is 2. The van der Waals surface area contributed by atoms with Crippen molar-refractivity contribution in [2.75, 3.05) is 13.6 Å². The first-order valence-corrected chi connectivity index (χ1v) is 7.28. The van der Waals surface area contributed by atoms with E-state index in [2.05, 4.69) is 40.2 Å². The van der Waals surface area contributed by atoms with E-state index in [0.717, 1.165) is 19.4 Å². The van der Waals surface area contributed by atoms with Gasteiger partial charge in [-0.3, -0.25) is 4.68 Å². The maximum atomic E-state index is 4.55. The van der Waals surface area contributed by atoms with Gasteiger partial charge in [-0.1, -0.05) is 20.3 Å². The molecule has 1 aromatic heterocycles. The van der Waals surface area contributed by atoms with Crippen LogP contribution < -0.4 is 5.32 Å². The molecule has 1 rings (SSSR count). The number of nitrogens with one attached hydrogen (secondary N) is 1. The Labute approximate surface area is 113 Å². The largest absolute Gasteiger partial charge is 0.319 e. The predicted octanol–water partition coefficient (Wildman–Crippen LogP) is 2.92. The number of hydrogen-bond acceptors (Lipinski definition) is 2. The summed E-state index contributed by atoms with van der Waals surface area (Å²) in [5.74, 6) is 0.696. The Morgan fingerprint density at radius 2 is 2.12 bits per heavy atom. The highest BCUT2D eigenvalue weighted by molar-refractivity contribution is 9.10. The van der Waals surface area contributed by atoms with E-state index >= 15 is 0 Å². The summed E-state index contributed by atoms with van der Waals surface area (Å²) in [5.41, 5.74) is 2.50. The molecule has 4 heteroatoms. The van der Waals surface area contributed by atoms with E-state index in [0.29, 0.717) is 5.92 Å². The lowest BCUT2D eigenvalue weighted by Gasteiger charge is -2.16. The lowest BCUT2D eigenvalue weighted by molar-refractivity contribution is 0.443. The maximum Gasteiger partial charge on any atom is 0.0766 e. The van der Waals surface area contributed by atoms with Gasteiger partial charge in [0.1, 0.15) is 0 Å². The lowest BCUT2D eigenvalue weighted by atomic mass is 9.97.